The van der Waals surface area contributed by atoms with Crippen molar-refractivity contribution in [3.05, 3.63) is 90.0 Å². The molecule has 1 amide bonds. The molecule has 4 rings (SSSR count). The number of amides is 1. The van der Waals surface area contributed by atoms with Gasteiger partial charge in [-0.05, 0) is 41.8 Å². The molecule has 5 nitrogen and oxygen atoms in total. The molecule has 2 heterocycles. The molecule has 2 aromatic heterocycles. The Bertz CT molecular complexity index is 1160. The van der Waals surface area contributed by atoms with Crippen molar-refractivity contribution in [2.24, 2.45) is 0 Å². The first kappa shape index (κ1) is 18.6. The van der Waals surface area contributed by atoms with Gasteiger partial charge in [0, 0.05) is 18.0 Å². The number of nitrogens with one attached hydrogen (secondary N) is 1. The normalized spacial score (nSPS) is 10.7. The summed E-state index contributed by atoms with van der Waals surface area (Å²) in [5.74, 6) is -0.594. The monoisotopic (exact) mass is 387 g/mol. The van der Waals surface area contributed by atoms with Crippen molar-refractivity contribution in [3.8, 4) is 22.4 Å². The molecule has 0 radical (unpaired) electrons. The quantitative estimate of drug-likeness (QED) is 0.521. The van der Waals surface area contributed by atoms with Crippen LogP contribution in [0.3, 0.4) is 0 Å². The summed E-state index contributed by atoms with van der Waals surface area (Å²) in [4.78, 5) is 16.6. The number of halogens is 1. The average molecular weight is 387 g/mol. The zero-order valence-corrected chi connectivity index (χ0v) is 15.7. The highest BCUT2D eigenvalue weighted by Gasteiger charge is 2.22. The van der Waals surface area contributed by atoms with Crippen LogP contribution in [0.25, 0.3) is 22.4 Å². The molecule has 0 aliphatic heterocycles. The summed E-state index contributed by atoms with van der Waals surface area (Å²) in [5, 5.41) is 6.96. The van der Waals surface area contributed by atoms with Gasteiger partial charge in [0.05, 0.1) is 12.0 Å². The molecule has 1 N–H and O–H groups in total. The molecular formula is C23H18FN3O2. The minimum atomic E-state index is -0.421. The maximum atomic E-state index is 13.9. The second kappa shape index (κ2) is 8.06. The van der Waals surface area contributed by atoms with Crippen LogP contribution in [0.15, 0.2) is 77.6 Å². The van der Waals surface area contributed by atoms with Crippen molar-refractivity contribution in [2.45, 2.75) is 13.3 Å². The molecule has 0 saturated carbocycles. The first-order valence-electron chi connectivity index (χ1n) is 9.13. The van der Waals surface area contributed by atoms with E-state index in [1.807, 2.05) is 43.3 Å². The van der Waals surface area contributed by atoms with E-state index >= 15 is 0 Å². The largest absolute Gasteiger partial charge is 0.337 e. The summed E-state index contributed by atoms with van der Waals surface area (Å²) < 4.78 is 19.4. The maximum absolute atomic E-state index is 13.9. The van der Waals surface area contributed by atoms with Crippen LogP contribution < -0.4 is 5.32 Å². The molecule has 0 spiro atoms. The highest BCUT2D eigenvalue weighted by molar-refractivity contribution is 5.98. The van der Waals surface area contributed by atoms with E-state index in [0.29, 0.717) is 16.8 Å². The summed E-state index contributed by atoms with van der Waals surface area (Å²) in [7, 11) is 0. The first-order chi connectivity index (χ1) is 14.1. The molecule has 0 aliphatic carbocycles. The Morgan fingerprint density at radius 3 is 2.52 bits per heavy atom. The fourth-order valence-corrected chi connectivity index (χ4v) is 3.17. The van der Waals surface area contributed by atoms with Crippen molar-refractivity contribution in [1.82, 2.24) is 10.1 Å². The van der Waals surface area contributed by atoms with Gasteiger partial charge in [0.1, 0.15) is 11.5 Å². The van der Waals surface area contributed by atoms with Crippen molar-refractivity contribution in [3.63, 3.8) is 0 Å². The summed E-state index contributed by atoms with van der Waals surface area (Å²) in [5.41, 5.74) is 4.33. The van der Waals surface area contributed by atoms with Crippen LogP contribution in [0.5, 0.6) is 0 Å². The molecule has 0 unspecified atom stereocenters. The van der Waals surface area contributed by atoms with Crippen molar-refractivity contribution >= 4 is 11.8 Å². The smallest absolute Gasteiger partial charge is 0.239 e. The molecule has 2 aromatic carbocycles. The van der Waals surface area contributed by atoms with Crippen LogP contribution in [-0.2, 0) is 11.2 Å². The van der Waals surface area contributed by atoms with Crippen molar-refractivity contribution in [1.29, 1.82) is 0 Å². The van der Waals surface area contributed by atoms with Crippen LogP contribution in [0.2, 0.25) is 0 Å². The van der Waals surface area contributed by atoms with Crippen LogP contribution in [0, 0.1) is 12.7 Å². The maximum Gasteiger partial charge on any atom is 0.239 e. The first-order valence-corrected chi connectivity index (χ1v) is 9.13. The van der Waals surface area contributed by atoms with Gasteiger partial charge in [0.25, 0.3) is 0 Å². The van der Waals surface area contributed by atoms with Gasteiger partial charge in [0.15, 0.2) is 0 Å². The van der Waals surface area contributed by atoms with Crippen molar-refractivity contribution in [2.75, 3.05) is 5.32 Å². The molecule has 6 heteroatoms. The highest BCUT2D eigenvalue weighted by atomic mass is 19.1. The molecule has 29 heavy (non-hydrogen) atoms. The molecule has 0 saturated heterocycles. The fraction of sp³-hybridized carbons (Fsp3) is 0.0870. The number of nitrogens with zero attached hydrogens (tertiary/aromatic N) is 2. The van der Waals surface area contributed by atoms with Gasteiger partial charge in [-0.1, -0.05) is 47.6 Å². The van der Waals surface area contributed by atoms with E-state index < -0.39 is 11.7 Å². The van der Waals surface area contributed by atoms with Gasteiger partial charge in [-0.3, -0.25) is 15.1 Å². The minimum absolute atomic E-state index is 0.108. The predicted octanol–water partition coefficient (Wildman–Crippen LogP) is 5.03. The summed E-state index contributed by atoms with van der Waals surface area (Å²) in [6.07, 6.45) is 3.21. The van der Waals surface area contributed by atoms with Crippen LogP contribution in [0.1, 0.15) is 11.1 Å². The van der Waals surface area contributed by atoms with Gasteiger partial charge in [0.2, 0.25) is 11.8 Å². The van der Waals surface area contributed by atoms with E-state index in [0.717, 1.165) is 16.7 Å². The number of pyridine rings is 1. The third-order valence-corrected chi connectivity index (χ3v) is 4.62. The molecule has 144 valence electrons. The van der Waals surface area contributed by atoms with Crippen LogP contribution >= 0.6 is 0 Å². The topological polar surface area (TPSA) is 68.0 Å². The average Bonchev–Trinajstić information content (AvgIpc) is 3.14. The highest BCUT2D eigenvalue weighted by Crippen LogP contribution is 2.38. The number of aromatic nitrogens is 2. The van der Waals surface area contributed by atoms with E-state index in [1.54, 1.807) is 30.6 Å². The lowest BCUT2D eigenvalue weighted by Gasteiger charge is -2.08. The zero-order chi connectivity index (χ0) is 20.2. The summed E-state index contributed by atoms with van der Waals surface area (Å²) >= 11 is 0. The summed E-state index contributed by atoms with van der Waals surface area (Å²) in [6, 6.07) is 17.6. The fourth-order valence-electron chi connectivity index (χ4n) is 3.17. The molecule has 0 bridgehead atoms. The Kier molecular flexibility index (Phi) is 5.16. The lowest BCUT2D eigenvalue weighted by molar-refractivity contribution is -0.115. The zero-order valence-electron chi connectivity index (χ0n) is 15.7. The Labute approximate surface area is 167 Å². The predicted molar refractivity (Wildman–Crippen MR) is 109 cm³/mol. The number of anilines is 1. The number of benzene rings is 2. The second-order valence-corrected chi connectivity index (χ2v) is 6.60. The Hall–Kier alpha value is -3.80. The number of rotatable bonds is 5. The van der Waals surface area contributed by atoms with Gasteiger partial charge < -0.3 is 4.52 Å². The van der Waals surface area contributed by atoms with Crippen LogP contribution in [-0.4, -0.2) is 16.0 Å². The van der Waals surface area contributed by atoms with Crippen LogP contribution in [0.4, 0.5) is 10.3 Å². The Morgan fingerprint density at radius 2 is 1.76 bits per heavy atom. The standard InChI is InChI=1S/C23H18FN3O2/c1-15-6-2-4-8-18(15)22-21(16-10-12-25-13-11-16)23(29-27-22)26-20(28)14-17-7-3-5-9-19(17)24/h2-13H,14H2,1H3,(H,26,28). The lowest BCUT2D eigenvalue weighted by atomic mass is 9.98. The second-order valence-electron chi connectivity index (χ2n) is 6.60. The number of aryl methyl sites for hydroxylation is 1. The Balaban J connectivity index is 1.71. The summed E-state index contributed by atoms with van der Waals surface area (Å²) in [6.45, 7) is 1.98. The molecule has 0 atom stereocenters. The van der Waals surface area contributed by atoms with E-state index in [1.165, 1.54) is 6.07 Å². The minimum Gasteiger partial charge on any atom is -0.337 e. The van der Waals surface area contributed by atoms with E-state index in [9.17, 15) is 9.18 Å². The van der Waals surface area contributed by atoms with E-state index in [2.05, 4.69) is 15.5 Å². The lowest BCUT2D eigenvalue weighted by Crippen LogP contribution is -2.15. The van der Waals surface area contributed by atoms with Gasteiger partial charge in [-0.2, -0.15) is 0 Å². The molecule has 4 aromatic rings. The third-order valence-electron chi connectivity index (χ3n) is 4.62. The SMILES string of the molecule is Cc1ccccc1-c1noc(NC(=O)Cc2ccccc2F)c1-c1ccncc1. The molecule has 0 fully saturated rings. The number of hydrogen-bond donors (Lipinski definition) is 1. The van der Waals surface area contributed by atoms with Gasteiger partial charge in [-0.15, -0.1) is 0 Å². The van der Waals surface area contributed by atoms with Gasteiger partial charge in [-0.25, -0.2) is 4.39 Å². The Morgan fingerprint density at radius 1 is 1.03 bits per heavy atom. The molecule has 0 aliphatic rings. The number of hydrogen-bond acceptors (Lipinski definition) is 4. The molecular weight excluding hydrogens is 369 g/mol. The van der Waals surface area contributed by atoms with Crippen molar-refractivity contribution < 1.29 is 13.7 Å². The van der Waals surface area contributed by atoms with E-state index in [4.69, 9.17) is 4.52 Å². The third kappa shape index (κ3) is 3.91. The van der Waals surface area contributed by atoms with E-state index in [-0.39, 0.29) is 12.3 Å². The number of carbonyl (C=O) groups excluding carboxylic acids is 1. The van der Waals surface area contributed by atoms with Gasteiger partial charge >= 0.3 is 0 Å². The number of carbonyl (C=O) groups is 1.